The van der Waals surface area contributed by atoms with Gasteiger partial charge in [0, 0.05) is 25.7 Å². The topological polar surface area (TPSA) is 70.0 Å². The van der Waals surface area contributed by atoms with Gasteiger partial charge in [-0.15, -0.1) is 4.40 Å². The molecule has 0 bridgehead atoms. The van der Waals surface area contributed by atoms with E-state index in [1.165, 1.54) is 6.07 Å². The number of hydrogen-bond acceptors (Lipinski definition) is 4. The molecule has 1 aliphatic heterocycles. The maximum Gasteiger partial charge on any atom is 0.286 e. The standard InChI is InChI=1S/C20H23N3O3S/c1-4-12-23-15(2)21-27(25,26)19-13-17(10-11-18(19)23)20(24)22(3)14-16-8-6-5-7-9-16/h5-11,13H,4,12,14H2,1-3H3. The molecule has 1 heterocycles. The second-order valence-corrected chi connectivity index (χ2v) is 8.17. The van der Waals surface area contributed by atoms with Gasteiger partial charge < -0.3 is 9.80 Å². The molecule has 0 saturated carbocycles. The van der Waals surface area contributed by atoms with Crippen LogP contribution in [0.5, 0.6) is 0 Å². The lowest BCUT2D eigenvalue weighted by molar-refractivity contribution is 0.0785. The van der Waals surface area contributed by atoms with Crippen LogP contribution in [0.15, 0.2) is 57.8 Å². The van der Waals surface area contributed by atoms with E-state index < -0.39 is 10.0 Å². The maximum absolute atomic E-state index is 12.8. The molecule has 0 saturated heterocycles. The molecule has 0 aromatic heterocycles. The van der Waals surface area contributed by atoms with Crippen molar-refractivity contribution < 1.29 is 13.2 Å². The summed E-state index contributed by atoms with van der Waals surface area (Å²) in [7, 11) is -2.10. The molecule has 0 fully saturated rings. The fraction of sp³-hybridized carbons (Fsp3) is 0.300. The van der Waals surface area contributed by atoms with Gasteiger partial charge in [0.25, 0.3) is 15.9 Å². The van der Waals surface area contributed by atoms with Gasteiger partial charge in [0.1, 0.15) is 10.7 Å². The highest BCUT2D eigenvalue weighted by Gasteiger charge is 2.29. The quantitative estimate of drug-likeness (QED) is 0.792. The number of anilines is 1. The van der Waals surface area contributed by atoms with E-state index in [1.807, 2.05) is 42.2 Å². The molecule has 2 aromatic rings. The number of amidine groups is 1. The molecular formula is C20H23N3O3S. The summed E-state index contributed by atoms with van der Waals surface area (Å²) in [6.07, 6.45) is 0.854. The third-order valence-corrected chi connectivity index (χ3v) is 5.86. The average molecular weight is 385 g/mol. The molecule has 0 radical (unpaired) electrons. The minimum Gasteiger partial charge on any atom is -0.337 e. The largest absolute Gasteiger partial charge is 0.337 e. The lowest BCUT2D eigenvalue weighted by atomic mass is 10.1. The molecular weight excluding hydrogens is 362 g/mol. The Labute approximate surface area is 160 Å². The Morgan fingerprint density at radius 1 is 1.15 bits per heavy atom. The van der Waals surface area contributed by atoms with E-state index in [1.54, 1.807) is 31.0 Å². The van der Waals surface area contributed by atoms with Crippen LogP contribution in [0, 0.1) is 0 Å². The van der Waals surface area contributed by atoms with Crippen LogP contribution in [0.25, 0.3) is 0 Å². The average Bonchev–Trinajstić information content (AvgIpc) is 2.64. The number of sulfonamides is 1. The molecule has 0 N–H and O–H groups in total. The first-order valence-electron chi connectivity index (χ1n) is 8.86. The number of nitrogens with zero attached hydrogens (tertiary/aromatic N) is 3. The third-order valence-electron chi connectivity index (χ3n) is 4.47. The summed E-state index contributed by atoms with van der Waals surface area (Å²) in [6, 6.07) is 14.5. The van der Waals surface area contributed by atoms with E-state index >= 15 is 0 Å². The van der Waals surface area contributed by atoms with Crippen molar-refractivity contribution in [1.29, 1.82) is 0 Å². The van der Waals surface area contributed by atoms with Crippen LogP contribution in [-0.4, -0.2) is 38.7 Å². The van der Waals surface area contributed by atoms with Gasteiger partial charge in [0.2, 0.25) is 0 Å². The van der Waals surface area contributed by atoms with E-state index in [-0.39, 0.29) is 10.8 Å². The Balaban J connectivity index is 1.93. The van der Waals surface area contributed by atoms with Crippen molar-refractivity contribution in [3.05, 3.63) is 59.7 Å². The van der Waals surface area contributed by atoms with E-state index in [2.05, 4.69) is 4.40 Å². The van der Waals surface area contributed by atoms with E-state index in [4.69, 9.17) is 0 Å². The van der Waals surface area contributed by atoms with Crippen LogP contribution in [0.4, 0.5) is 5.69 Å². The minimum atomic E-state index is -3.81. The van der Waals surface area contributed by atoms with Crippen LogP contribution in [-0.2, 0) is 16.6 Å². The first-order chi connectivity index (χ1) is 12.8. The molecule has 3 rings (SSSR count). The Kier molecular flexibility index (Phi) is 5.32. The fourth-order valence-corrected chi connectivity index (χ4v) is 4.44. The van der Waals surface area contributed by atoms with Crippen molar-refractivity contribution in [3.63, 3.8) is 0 Å². The highest BCUT2D eigenvalue weighted by Crippen LogP contribution is 2.33. The summed E-state index contributed by atoms with van der Waals surface area (Å²) >= 11 is 0. The number of fused-ring (bicyclic) bond motifs is 1. The fourth-order valence-electron chi connectivity index (χ4n) is 3.18. The summed E-state index contributed by atoms with van der Waals surface area (Å²) < 4.78 is 28.9. The highest BCUT2D eigenvalue weighted by molar-refractivity contribution is 7.90. The number of hydrogen-bond donors (Lipinski definition) is 0. The number of rotatable bonds is 5. The molecule has 7 heteroatoms. The van der Waals surface area contributed by atoms with E-state index in [0.29, 0.717) is 30.2 Å². The van der Waals surface area contributed by atoms with Gasteiger partial charge in [-0.05, 0) is 37.1 Å². The van der Waals surface area contributed by atoms with Gasteiger partial charge in [-0.3, -0.25) is 4.79 Å². The van der Waals surface area contributed by atoms with Crippen molar-refractivity contribution in [2.75, 3.05) is 18.5 Å². The van der Waals surface area contributed by atoms with Crippen molar-refractivity contribution in [3.8, 4) is 0 Å². The predicted octanol–water partition coefficient (Wildman–Crippen LogP) is 3.30. The summed E-state index contributed by atoms with van der Waals surface area (Å²) in [5.41, 5.74) is 1.92. The zero-order valence-corrected chi connectivity index (χ0v) is 16.5. The first kappa shape index (κ1) is 19.1. The monoisotopic (exact) mass is 385 g/mol. The number of carbonyl (C=O) groups is 1. The number of amides is 1. The van der Waals surface area contributed by atoms with Gasteiger partial charge >= 0.3 is 0 Å². The second-order valence-electron chi connectivity index (χ2n) is 6.59. The molecule has 2 aromatic carbocycles. The number of benzene rings is 2. The summed E-state index contributed by atoms with van der Waals surface area (Å²) in [4.78, 5) is 16.3. The molecule has 0 unspecified atom stereocenters. The zero-order chi connectivity index (χ0) is 19.6. The molecule has 1 aliphatic rings. The van der Waals surface area contributed by atoms with Crippen molar-refractivity contribution in [2.24, 2.45) is 4.40 Å². The van der Waals surface area contributed by atoms with Gasteiger partial charge in [-0.2, -0.15) is 8.42 Å². The van der Waals surface area contributed by atoms with Crippen LogP contribution >= 0.6 is 0 Å². The van der Waals surface area contributed by atoms with E-state index in [0.717, 1.165) is 12.0 Å². The molecule has 0 aliphatic carbocycles. The Hall–Kier alpha value is -2.67. The SMILES string of the molecule is CCCN1C(C)=NS(=O)(=O)c2cc(C(=O)N(C)Cc3ccccc3)ccc21. The van der Waals surface area contributed by atoms with Crippen LogP contribution < -0.4 is 4.90 Å². The van der Waals surface area contributed by atoms with Crippen molar-refractivity contribution in [1.82, 2.24) is 4.90 Å². The summed E-state index contributed by atoms with van der Waals surface area (Å²) in [6.45, 7) is 4.82. The van der Waals surface area contributed by atoms with Gasteiger partial charge in [-0.1, -0.05) is 37.3 Å². The summed E-state index contributed by atoms with van der Waals surface area (Å²) in [5.74, 6) is 0.217. The Morgan fingerprint density at radius 2 is 1.85 bits per heavy atom. The smallest absolute Gasteiger partial charge is 0.286 e. The lowest BCUT2D eigenvalue weighted by Gasteiger charge is -2.29. The highest BCUT2D eigenvalue weighted by atomic mass is 32.2. The van der Waals surface area contributed by atoms with Crippen LogP contribution in [0.3, 0.4) is 0 Å². The van der Waals surface area contributed by atoms with E-state index in [9.17, 15) is 13.2 Å². The second kappa shape index (κ2) is 7.52. The summed E-state index contributed by atoms with van der Waals surface area (Å²) in [5, 5.41) is 0. The molecule has 1 amide bonds. The van der Waals surface area contributed by atoms with Crippen molar-refractivity contribution in [2.45, 2.75) is 31.7 Å². The van der Waals surface area contributed by atoms with Crippen LogP contribution in [0.2, 0.25) is 0 Å². The van der Waals surface area contributed by atoms with Crippen LogP contribution in [0.1, 0.15) is 36.2 Å². The first-order valence-corrected chi connectivity index (χ1v) is 10.3. The van der Waals surface area contributed by atoms with Gasteiger partial charge in [-0.25, -0.2) is 0 Å². The predicted molar refractivity (Wildman–Crippen MR) is 107 cm³/mol. The molecule has 142 valence electrons. The number of carbonyl (C=O) groups excluding carboxylic acids is 1. The van der Waals surface area contributed by atoms with Crippen molar-refractivity contribution >= 4 is 27.5 Å². The normalized spacial score (nSPS) is 15.1. The zero-order valence-electron chi connectivity index (χ0n) is 15.7. The maximum atomic E-state index is 12.8. The van der Waals surface area contributed by atoms with Gasteiger partial charge in [0.15, 0.2) is 0 Å². The molecule has 0 spiro atoms. The Morgan fingerprint density at radius 3 is 2.52 bits per heavy atom. The minimum absolute atomic E-state index is 0.0838. The molecule has 6 nitrogen and oxygen atoms in total. The molecule has 0 atom stereocenters. The van der Waals surface area contributed by atoms with Gasteiger partial charge in [0.05, 0.1) is 5.69 Å². The lowest BCUT2D eigenvalue weighted by Crippen LogP contribution is -2.35. The molecule has 27 heavy (non-hydrogen) atoms. The third kappa shape index (κ3) is 3.88. The Bertz CT molecular complexity index is 985.